The highest BCUT2D eigenvalue weighted by molar-refractivity contribution is 6.30. The normalized spacial score (nSPS) is 10.8. The van der Waals surface area contributed by atoms with E-state index in [-0.39, 0.29) is 5.56 Å². The molecule has 0 saturated heterocycles. The second kappa shape index (κ2) is 7.66. The number of nitrogens with zero attached hydrogens (tertiary/aromatic N) is 4. The molecule has 0 unspecified atom stereocenters. The summed E-state index contributed by atoms with van der Waals surface area (Å²) in [6.45, 7) is 0.412. The third-order valence-corrected chi connectivity index (χ3v) is 4.46. The molecule has 1 N–H and O–H groups in total. The second-order valence-corrected chi connectivity index (χ2v) is 6.46. The first-order valence-electron chi connectivity index (χ1n) is 8.51. The number of rotatable bonds is 5. The van der Waals surface area contributed by atoms with Crippen LogP contribution in [0, 0.1) is 0 Å². The van der Waals surface area contributed by atoms with Crippen LogP contribution in [0.4, 0.5) is 0 Å². The summed E-state index contributed by atoms with van der Waals surface area (Å²) in [5.41, 5.74) is 4.87. The lowest BCUT2D eigenvalue weighted by molar-refractivity contribution is 0.413. The van der Waals surface area contributed by atoms with Gasteiger partial charge >= 0.3 is 0 Å². The molecule has 4 rings (SSSR count). The highest BCUT2D eigenvalue weighted by Crippen LogP contribution is 2.21. The number of benzene rings is 1. The predicted octanol–water partition coefficient (Wildman–Crippen LogP) is 3.26. The largest absolute Gasteiger partial charge is 0.495 e. The zero-order valence-electron chi connectivity index (χ0n) is 15.0. The van der Waals surface area contributed by atoms with E-state index < -0.39 is 0 Å². The van der Waals surface area contributed by atoms with Gasteiger partial charge in [-0.25, -0.2) is 14.6 Å². The predicted molar refractivity (Wildman–Crippen MR) is 108 cm³/mol. The van der Waals surface area contributed by atoms with Gasteiger partial charge in [-0.15, -0.1) is 0 Å². The summed E-state index contributed by atoms with van der Waals surface area (Å²) in [7, 11) is 1.56. The summed E-state index contributed by atoms with van der Waals surface area (Å²) in [6.07, 6.45) is 4.82. The molecule has 1 aromatic carbocycles. The van der Waals surface area contributed by atoms with Gasteiger partial charge in [-0.05, 0) is 35.9 Å². The standard InChI is InChI=1S/C20H16ClN5O2/c1-28-16-9-14(11-22-12-16)19-25-18-17(3-2-8-23-18)20(27)26(19)24-10-13-4-6-15(21)7-5-13/h2-9,11-12,24H,10H2,1H3. The fourth-order valence-corrected chi connectivity index (χ4v) is 2.91. The molecular formula is C20H16ClN5O2. The van der Waals surface area contributed by atoms with Gasteiger partial charge in [0.15, 0.2) is 11.5 Å². The van der Waals surface area contributed by atoms with Crippen LogP contribution in [0.3, 0.4) is 0 Å². The molecule has 0 amide bonds. The molecule has 0 aliphatic rings. The van der Waals surface area contributed by atoms with Crippen molar-refractivity contribution in [3.8, 4) is 17.1 Å². The van der Waals surface area contributed by atoms with Crippen LogP contribution in [0.15, 0.2) is 65.8 Å². The maximum atomic E-state index is 13.1. The van der Waals surface area contributed by atoms with Crippen molar-refractivity contribution in [2.24, 2.45) is 0 Å². The lowest BCUT2D eigenvalue weighted by Gasteiger charge is -2.15. The maximum absolute atomic E-state index is 13.1. The molecule has 0 aliphatic carbocycles. The minimum atomic E-state index is -0.245. The highest BCUT2D eigenvalue weighted by Gasteiger charge is 2.14. The van der Waals surface area contributed by atoms with Crippen LogP contribution in [0.5, 0.6) is 5.75 Å². The summed E-state index contributed by atoms with van der Waals surface area (Å²) in [5.74, 6) is 0.966. The van der Waals surface area contributed by atoms with Crippen LogP contribution in [0.25, 0.3) is 22.4 Å². The van der Waals surface area contributed by atoms with Crippen LogP contribution in [0.2, 0.25) is 5.02 Å². The second-order valence-electron chi connectivity index (χ2n) is 6.03. The van der Waals surface area contributed by atoms with E-state index in [9.17, 15) is 4.79 Å². The van der Waals surface area contributed by atoms with E-state index in [1.165, 1.54) is 4.68 Å². The van der Waals surface area contributed by atoms with Crippen LogP contribution in [-0.2, 0) is 6.54 Å². The molecule has 0 atom stereocenters. The number of hydrogen-bond donors (Lipinski definition) is 1. The lowest BCUT2D eigenvalue weighted by Crippen LogP contribution is -2.31. The number of nitrogens with one attached hydrogen (secondary N) is 1. The zero-order valence-corrected chi connectivity index (χ0v) is 15.7. The Hall–Kier alpha value is -3.45. The minimum absolute atomic E-state index is 0.245. The van der Waals surface area contributed by atoms with Gasteiger partial charge in [0.05, 0.1) is 25.2 Å². The molecule has 0 radical (unpaired) electrons. The molecular weight excluding hydrogens is 378 g/mol. The average Bonchev–Trinajstić information content (AvgIpc) is 2.74. The van der Waals surface area contributed by atoms with E-state index in [4.69, 9.17) is 16.3 Å². The summed E-state index contributed by atoms with van der Waals surface area (Å²) >= 11 is 5.94. The van der Waals surface area contributed by atoms with Crippen molar-refractivity contribution in [2.75, 3.05) is 12.5 Å². The summed E-state index contributed by atoms with van der Waals surface area (Å²) in [6, 6.07) is 12.6. The first-order chi connectivity index (χ1) is 13.7. The third kappa shape index (κ3) is 3.52. The van der Waals surface area contributed by atoms with Crippen LogP contribution >= 0.6 is 11.6 Å². The quantitative estimate of drug-likeness (QED) is 0.560. The van der Waals surface area contributed by atoms with Crippen molar-refractivity contribution < 1.29 is 4.74 Å². The number of halogens is 1. The highest BCUT2D eigenvalue weighted by atomic mass is 35.5. The summed E-state index contributed by atoms with van der Waals surface area (Å²) in [5, 5.41) is 1.08. The number of ether oxygens (including phenoxy) is 1. The number of hydrogen-bond acceptors (Lipinski definition) is 6. The molecule has 0 spiro atoms. The Morgan fingerprint density at radius 2 is 2.00 bits per heavy atom. The first kappa shape index (κ1) is 17.9. The molecule has 0 saturated carbocycles. The van der Waals surface area contributed by atoms with Crippen molar-refractivity contribution >= 4 is 22.6 Å². The third-order valence-electron chi connectivity index (χ3n) is 4.21. The monoisotopic (exact) mass is 393 g/mol. The molecule has 28 heavy (non-hydrogen) atoms. The minimum Gasteiger partial charge on any atom is -0.495 e. The van der Waals surface area contributed by atoms with Crippen molar-refractivity contribution in [3.63, 3.8) is 0 Å². The van der Waals surface area contributed by atoms with Gasteiger partial charge in [0.2, 0.25) is 0 Å². The molecule has 7 nitrogen and oxygen atoms in total. The molecule has 0 fully saturated rings. The van der Waals surface area contributed by atoms with Gasteiger partial charge in [0.1, 0.15) is 5.75 Å². The van der Waals surface area contributed by atoms with E-state index in [0.717, 1.165) is 5.56 Å². The summed E-state index contributed by atoms with van der Waals surface area (Å²) in [4.78, 5) is 26.1. The van der Waals surface area contributed by atoms with E-state index in [1.54, 1.807) is 56.0 Å². The first-order valence-corrected chi connectivity index (χ1v) is 8.89. The van der Waals surface area contributed by atoms with Gasteiger partial charge < -0.3 is 10.2 Å². The Morgan fingerprint density at radius 3 is 2.79 bits per heavy atom. The molecule has 140 valence electrons. The Bertz CT molecular complexity index is 1190. The number of methoxy groups -OCH3 is 1. The Labute approximate surface area is 165 Å². The van der Waals surface area contributed by atoms with Crippen molar-refractivity contribution in [2.45, 2.75) is 6.54 Å². The topological polar surface area (TPSA) is 81.9 Å². The smallest absolute Gasteiger partial charge is 0.281 e. The molecule has 0 bridgehead atoms. The van der Waals surface area contributed by atoms with Gasteiger partial charge in [0, 0.05) is 23.0 Å². The molecule has 8 heteroatoms. The Morgan fingerprint density at radius 1 is 1.18 bits per heavy atom. The number of pyridine rings is 2. The van der Waals surface area contributed by atoms with Gasteiger partial charge in [-0.1, -0.05) is 23.7 Å². The fraction of sp³-hybridized carbons (Fsp3) is 0.100. The SMILES string of the molecule is COc1cncc(-c2nc3ncccc3c(=O)n2NCc2ccc(Cl)cc2)c1. The average molecular weight is 394 g/mol. The van der Waals surface area contributed by atoms with Crippen molar-refractivity contribution in [1.82, 2.24) is 19.6 Å². The Balaban J connectivity index is 1.83. The van der Waals surface area contributed by atoms with Gasteiger partial charge in [0.25, 0.3) is 5.56 Å². The van der Waals surface area contributed by atoms with Crippen LogP contribution < -0.4 is 15.7 Å². The molecule has 4 aromatic rings. The molecule has 0 aliphatic heterocycles. The maximum Gasteiger partial charge on any atom is 0.281 e. The van der Waals surface area contributed by atoms with E-state index in [1.807, 2.05) is 12.1 Å². The van der Waals surface area contributed by atoms with E-state index in [2.05, 4.69) is 20.4 Å². The molecule has 3 aromatic heterocycles. The van der Waals surface area contributed by atoms with Crippen LogP contribution in [0.1, 0.15) is 5.56 Å². The van der Waals surface area contributed by atoms with Gasteiger partial charge in [-0.2, -0.15) is 0 Å². The van der Waals surface area contributed by atoms with E-state index in [0.29, 0.717) is 39.7 Å². The van der Waals surface area contributed by atoms with Crippen molar-refractivity contribution in [3.05, 3.63) is 82.0 Å². The lowest BCUT2D eigenvalue weighted by atomic mass is 10.2. The fourth-order valence-electron chi connectivity index (χ4n) is 2.79. The Kier molecular flexibility index (Phi) is 4.90. The zero-order chi connectivity index (χ0) is 19.5. The molecule has 3 heterocycles. The van der Waals surface area contributed by atoms with Gasteiger partial charge in [-0.3, -0.25) is 9.78 Å². The number of fused-ring (bicyclic) bond motifs is 1. The summed E-state index contributed by atoms with van der Waals surface area (Å²) < 4.78 is 6.66. The number of aromatic nitrogens is 4. The van der Waals surface area contributed by atoms with E-state index >= 15 is 0 Å². The van der Waals surface area contributed by atoms with Crippen LogP contribution in [-0.4, -0.2) is 26.7 Å². The van der Waals surface area contributed by atoms with Crippen molar-refractivity contribution in [1.29, 1.82) is 0 Å².